The zero-order chi connectivity index (χ0) is 14.8. The number of aryl methyl sites for hydroxylation is 1. The van der Waals surface area contributed by atoms with Gasteiger partial charge in [0.25, 0.3) is 5.22 Å². The highest BCUT2D eigenvalue weighted by molar-refractivity contribution is 8.00. The van der Waals surface area contributed by atoms with Gasteiger partial charge in [-0.25, -0.2) is 4.98 Å². The summed E-state index contributed by atoms with van der Waals surface area (Å²) in [5.74, 6) is 0.864. The van der Waals surface area contributed by atoms with Gasteiger partial charge in [0.1, 0.15) is 11.3 Å². The monoisotopic (exact) mass is 303 g/mol. The molecule has 2 heterocycles. The molecule has 0 saturated heterocycles. The third kappa shape index (κ3) is 3.08. The van der Waals surface area contributed by atoms with E-state index in [4.69, 9.17) is 8.94 Å². The summed E-state index contributed by atoms with van der Waals surface area (Å²) >= 11 is 1.26. The lowest BCUT2D eigenvalue weighted by Crippen LogP contribution is -2.22. The topological polar surface area (TPSA) is 81.2 Å². The second-order valence-corrected chi connectivity index (χ2v) is 5.81. The van der Waals surface area contributed by atoms with Gasteiger partial charge in [0.05, 0.1) is 5.25 Å². The van der Waals surface area contributed by atoms with Gasteiger partial charge in [0, 0.05) is 6.07 Å². The van der Waals surface area contributed by atoms with Crippen molar-refractivity contribution < 1.29 is 13.7 Å². The van der Waals surface area contributed by atoms with Crippen molar-refractivity contribution >= 4 is 34.6 Å². The maximum Gasteiger partial charge on any atom is 0.257 e. The predicted molar refractivity (Wildman–Crippen MR) is 79.2 cm³/mol. The first-order valence-corrected chi connectivity index (χ1v) is 7.26. The van der Waals surface area contributed by atoms with E-state index >= 15 is 0 Å². The molecule has 0 aliphatic heterocycles. The number of para-hydroxylation sites is 2. The minimum atomic E-state index is -0.366. The van der Waals surface area contributed by atoms with Crippen molar-refractivity contribution in [3.8, 4) is 0 Å². The number of fused-ring (bicyclic) bond motifs is 1. The SMILES string of the molecule is Cc1cc(NC(=O)[C@@H](C)Sc2nc3ccccc3o2)no1. The van der Waals surface area contributed by atoms with E-state index < -0.39 is 0 Å². The van der Waals surface area contributed by atoms with Crippen LogP contribution in [0.5, 0.6) is 0 Å². The third-order valence-electron chi connectivity index (χ3n) is 2.80. The molecule has 0 aliphatic rings. The number of hydrogen-bond donors (Lipinski definition) is 1. The lowest BCUT2D eigenvalue weighted by molar-refractivity contribution is -0.115. The highest BCUT2D eigenvalue weighted by Crippen LogP contribution is 2.27. The summed E-state index contributed by atoms with van der Waals surface area (Å²) in [6, 6.07) is 9.14. The number of nitrogens with one attached hydrogen (secondary N) is 1. The molecule has 6 nitrogen and oxygen atoms in total. The molecule has 0 unspecified atom stereocenters. The van der Waals surface area contributed by atoms with E-state index in [2.05, 4.69) is 15.5 Å². The molecule has 0 radical (unpaired) electrons. The fourth-order valence-electron chi connectivity index (χ4n) is 1.76. The molecule has 0 saturated carbocycles. The molecule has 21 heavy (non-hydrogen) atoms. The highest BCUT2D eigenvalue weighted by Gasteiger charge is 2.19. The Labute approximate surface area is 124 Å². The molecule has 1 atom stereocenters. The van der Waals surface area contributed by atoms with Crippen LogP contribution < -0.4 is 5.32 Å². The van der Waals surface area contributed by atoms with Crippen molar-refractivity contribution in [2.75, 3.05) is 5.32 Å². The Morgan fingerprint density at radius 3 is 2.90 bits per heavy atom. The number of carbonyl (C=O) groups is 1. The van der Waals surface area contributed by atoms with Crippen molar-refractivity contribution in [2.24, 2.45) is 0 Å². The van der Waals surface area contributed by atoms with Crippen LogP contribution >= 0.6 is 11.8 Å². The van der Waals surface area contributed by atoms with Crippen LogP contribution in [0.1, 0.15) is 12.7 Å². The number of amides is 1. The van der Waals surface area contributed by atoms with Crippen molar-refractivity contribution in [3.05, 3.63) is 36.1 Å². The van der Waals surface area contributed by atoms with Crippen LogP contribution in [0.25, 0.3) is 11.1 Å². The van der Waals surface area contributed by atoms with Crippen LogP contribution in [0, 0.1) is 6.92 Å². The maximum atomic E-state index is 12.1. The van der Waals surface area contributed by atoms with Crippen molar-refractivity contribution in [1.82, 2.24) is 10.1 Å². The van der Waals surface area contributed by atoms with E-state index in [1.54, 1.807) is 19.9 Å². The van der Waals surface area contributed by atoms with Gasteiger partial charge in [-0.1, -0.05) is 29.1 Å². The molecule has 0 spiro atoms. The summed E-state index contributed by atoms with van der Waals surface area (Å²) < 4.78 is 10.5. The molecule has 0 fully saturated rings. The molecule has 0 aliphatic carbocycles. The number of rotatable bonds is 4. The third-order valence-corrected chi connectivity index (χ3v) is 3.74. The van der Waals surface area contributed by atoms with Gasteiger partial charge in [-0.3, -0.25) is 4.79 Å². The lowest BCUT2D eigenvalue weighted by Gasteiger charge is -2.07. The summed E-state index contributed by atoms with van der Waals surface area (Å²) in [6.45, 7) is 3.54. The van der Waals surface area contributed by atoms with Crippen molar-refractivity contribution in [3.63, 3.8) is 0 Å². The van der Waals surface area contributed by atoms with Crippen LogP contribution in [-0.2, 0) is 4.79 Å². The first-order chi connectivity index (χ1) is 10.1. The summed E-state index contributed by atoms with van der Waals surface area (Å²) in [6.07, 6.45) is 0. The minimum Gasteiger partial charge on any atom is -0.431 e. The van der Waals surface area contributed by atoms with Gasteiger partial charge in [-0.05, 0) is 26.0 Å². The number of anilines is 1. The van der Waals surface area contributed by atoms with E-state index in [9.17, 15) is 4.79 Å². The first-order valence-electron chi connectivity index (χ1n) is 6.38. The van der Waals surface area contributed by atoms with Crippen molar-refractivity contribution in [2.45, 2.75) is 24.3 Å². The zero-order valence-electron chi connectivity index (χ0n) is 11.5. The van der Waals surface area contributed by atoms with E-state index in [-0.39, 0.29) is 11.2 Å². The second-order valence-electron chi connectivity index (χ2n) is 4.52. The Kier molecular flexibility index (Phi) is 3.66. The molecule has 2 aromatic heterocycles. The Morgan fingerprint density at radius 1 is 1.38 bits per heavy atom. The Balaban J connectivity index is 1.67. The zero-order valence-corrected chi connectivity index (χ0v) is 12.3. The molecule has 1 N–H and O–H groups in total. The summed E-state index contributed by atoms with van der Waals surface area (Å²) in [5.41, 5.74) is 1.49. The maximum absolute atomic E-state index is 12.1. The predicted octanol–water partition coefficient (Wildman–Crippen LogP) is 3.24. The van der Waals surface area contributed by atoms with E-state index in [0.29, 0.717) is 22.4 Å². The number of nitrogens with zero attached hydrogens (tertiary/aromatic N) is 2. The number of oxazole rings is 1. The lowest BCUT2D eigenvalue weighted by atomic mass is 10.3. The molecule has 3 aromatic rings. The quantitative estimate of drug-likeness (QED) is 0.745. The van der Waals surface area contributed by atoms with Gasteiger partial charge in [-0.2, -0.15) is 0 Å². The Hall–Kier alpha value is -2.28. The Bertz CT molecular complexity index is 747. The van der Waals surface area contributed by atoms with E-state index in [1.807, 2.05) is 24.3 Å². The van der Waals surface area contributed by atoms with Gasteiger partial charge in [0.2, 0.25) is 5.91 Å². The smallest absolute Gasteiger partial charge is 0.257 e. The normalized spacial score (nSPS) is 12.5. The summed E-state index contributed by atoms with van der Waals surface area (Å²) in [5, 5.41) is 6.51. The largest absolute Gasteiger partial charge is 0.431 e. The molecule has 7 heteroatoms. The number of benzene rings is 1. The van der Waals surface area contributed by atoms with Crippen LogP contribution in [0.2, 0.25) is 0 Å². The average Bonchev–Trinajstić information content (AvgIpc) is 3.04. The minimum absolute atomic E-state index is 0.185. The standard InChI is InChI=1S/C14H13N3O3S/c1-8-7-12(17-20-8)16-13(18)9(2)21-14-15-10-5-3-4-6-11(10)19-14/h3-7,9H,1-2H3,(H,16,17,18)/t9-/m1/s1. The second kappa shape index (κ2) is 5.61. The highest BCUT2D eigenvalue weighted by atomic mass is 32.2. The molecule has 108 valence electrons. The van der Waals surface area contributed by atoms with Gasteiger partial charge < -0.3 is 14.3 Å². The Morgan fingerprint density at radius 2 is 2.19 bits per heavy atom. The molecule has 3 rings (SSSR count). The van der Waals surface area contributed by atoms with Gasteiger partial charge >= 0.3 is 0 Å². The van der Waals surface area contributed by atoms with Crippen LogP contribution in [0.4, 0.5) is 5.82 Å². The van der Waals surface area contributed by atoms with E-state index in [0.717, 1.165) is 5.52 Å². The van der Waals surface area contributed by atoms with Crippen LogP contribution in [0.3, 0.4) is 0 Å². The first kappa shape index (κ1) is 13.7. The fourth-order valence-corrected chi connectivity index (χ4v) is 2.52. The molecular weight excluding hydrogens is 290 g/mol. The molecule has 1 amide bonds. The van der Waals surface area contributed by atoms with Crippen LogP contribution in [0.15, 0.2) is 44.5 Å². The fraction of sp³-hybridized carbons (Fsp3) is 0.214. The van der Waals surface area contributed by atoms with Gasteiger partial charge in [0.15, 0.2) is 11.4 Å². The van der Waals surface area contributed by atoms with Gasteiger partial charge in [-0.15, -0.1) is 0 Å². The number of hydrogen-bond acceptors (Lipinski definition) is 6. The molecule has 1 aromatic carbocycles. The number of aromatic nitrogens is 2. The van der Waals surface area contributed by atoms with Crippen LogP contribution in [-0.4, -0.2) is 21.3 Å². The summed E-state index contributed by atoms with van der Waals surface area (Å²) in [7, 11) is 0. The van der Waals surface area contributed by atoms with Crippen molar-refractivity contribution in [1.29, 1.82) is 0 Å². The number of carbonyl (C=O) groups excluding carboxylic acids is 1. The molecular formula is C14H13N3O3S. The molecule has 0 bridgehead atoms. The van der Waals surface area contributed by atoms with E-state index in [1.165, 1.54) is 11.8 Å². The average molecular weight is 303 g/mol. The summed E-state index contributed by atoms with van der Waals surface area (Å²) in [4.78, 5) is 16.4. The number of thioether (sulfide) groups is 1.